The molecule has 29 heavy (non-hydrogen) atoms. The van der Waals surface area contributed by atoms with Crippen LogP contribution in [0.15, 0.2) is 48.5 Å². The average molecular weight is 393 g/mol. The monoisotopic (exact) mass is 392 g/mol. The number of carbonyl (C=O) groups is 1. The Kier molecular flexibility index (Phi) is 7.13. The molecule has 2 aromatic carbocycles. The summed E-state index contributed by atoms with van der Waals surface area (Å²) < 4.78 is 0. The van der Waals surface area contributed by atoms with Crippen LogP contribution in [0.4, 0.5) is 0 Å². The topological polar surface area (TPSA) is 23.6 Å². The lowest BCUT2D eigenvalue weighted by atomic mass is 9.87. The van der Waals surface area contributed by atoms with Gasteiger partial charge in [-0.15, -0.1) is 0 Å². The zero-order valence-electron chi connectivity index (χ0n) is 18.6. The van der Waals surface area contributed by atoms with E-state index in [4.69, 9.17) is 0 Å². The van der Waals surface area contributed by atoms with E-state index >= 15 is 0 Å². The Balaban J connectivity index is 1.74. The molecule has 0 radical (unpaired) electrons. The summed E-state index contributed by atoms with van der Waals surface area (Å²) in [6.45, 7) is 13.5. The van der Waals surface area contributed by atoms with E-state index in [9.17, 15) is 4.79 Å². The van der Waals surface area contributed by atoms with E-state index in [1.807, 2.05) is 17.0 Å². The lowest BCUT2D eigenvalue weighted by molar-refractivity contribution is 0.0727. The van der Waals surface area contributed by atoms with E-state index < -0.39 is 0 Å². The third-order valence-corrected chi connectivity index (χ3v) is 5.97. The van der Waals surface area contributed by atoms with Gasteiger partial charge in [-0.05, 0) is 66.6 Å². The third kappa shape index (κ3) is 5.93. The van der Waals surface area contributed by atoms with Crippen molar-refractivity contribution < 1.29 is 4.79 Å². The molecular formula is C26H36N2O. The van der Waals surface area contributed by atoms with Crippen molar-refractivity contribution in [2.75, 3.05) is 26.2 Å². The molecule has 1 aliphatic rings. The summed E-state index contributed by atoms with van der Waals surface area (Å²) in [5, 5.41) is 0. The maximum absolute atomic E-state index is 13.3. The van der Waals surface area contributed by atoms with E-state index in [-0.39, 0.29) is 11.3 Å². The number of hydrogen-bond donors (Lipinski definition) is 0. The molecule has 0 aromatic heterocycles. The first-order chi connectivity index (χ1) is 13.9. The number of likely N-dealkylation sites (tertiary alicyclic amines) is 1. The summed E-state index contributed by atoms with van der Waals surface area (Å²) >= 11 is 0. The Bertz CT molecular complexity index is 781. The fourth-order valence-electron chi connectivity index (χ4n) is 3.92. The summed E-state index contributed by atoms with van der Waals surface area (Å²) in [4.78, 5) is 17.8. The van der Waals surface area contributed by atoms with Gasteiger partial charge in [0.1, 0.15) is 0 Å². The van der Waals surface area contributed by atoms with Gasteiger partial charge in [0.05, 0.1) is 0 Å². The molecule has 1 heterocycles. The number of rotatable bonds is 7. The third-order valence-electron chi connectivity index (χ3n) is 5.97. The molecule has 1 aliphatic heterocycles. The molecule has 0 spiro atoms. The molecule has 0 unspecified atom stereocenters. The highest BCUT2D eigenvalue weighted by Crippen LogP contribution is 2.23. The average Bonchev–Trinajstić information content (AvgIpc) is 3.24. The van der Waals surface area contributed by atoms with Crippen molar-refractivity contribution in [2.45, 2.75) is 58.9 Å². The first-order valence-corrected chi connectivity index (χ1v) is 11.1. The molecular weight excluding hydrogens is 356 g/mol. The van der Waals surface area contributed by atoms with Gasteiger partial charge in [-0.25, -0.2) is 0 Å². The first-order valence-electron chi connectivity index (χ1n) is 11.1. The Morgan fingerprint density at radius 2 is 1.52 bits per heavy atom. The van der Waals surface area contributed by atoms with Crippen LogP contribution >= 0.6 is 0 Å². The SMILES string of the molecule is CCc1ccc(C(=O)N(CCN2CCCC2)Cc2ccc(C(C)(C)C)cc2)cc1. The van der Waals surface area contributed by atoms with Gasteiger partial charge in [-0.1, -0.05) is 64.1 Å². The highest BCUT2D eigenvalue weighted by molar-refractivity contribution is 5.94. The van der Waals surface area contributed by atoms with Crippen molar-refractivity contribution in [3.63, 3.8) is 0 Å². The summed E-state index contributed by atoms with van der Waals surface area (Å²) in [6.07, 6.45) is 3.55. The van der Waals surface area contributed by atoms with E-state index in [1.54, 1.807) is 0 Å². The Labute approximate surface area is 176 Å². The second-order valence-electron chi connectivity index (χ2n) is 9.27. The molecule has 3 rings (SSSR count). The number of benzene rings is 2. The number of aryl methyl sites for hydroxylation is 1. The molecule has 156 valence electrons. The van der Waals surface area contributed by atoms with Crippen LogP contribution < -0.4 is 0 Å². The Morgan fingerprint density at radius 1 is 0.931 bits per heavy atom. The predicted octanol–water partition coefficient (Wildman–Crippen LogP) is 5.28. The second kappa shape index (κ2) is 9.58. The molecule has 0 N–H and O–H groups in total. The van der Waals surface area contributed by atoms with Gasteiger partial charge in [0, 0.05) is 25.2 Å². The van der Waals surface area contributed by atoms with Crippen molar-refractivity contribution in [3.8, 4) is 0 Å². The minimum atomic E-state index is 0.131. The van der Waals surface area contributed by atoms with E-state index in [0.717, 1.165) is 38.2 Å². The second-order valence-corrected chi connectivity index (χ2v) is 9.27. The molecule has 2 aromatic rings. The van der Waals surface area contributed by atoms with Gasteiger partial charge < -0.3 is 9.80 Å². The van der Waals surface area contributed by atoms with Crippen LogP contribution in [0.25, 0.3) is 0 Å². The van der Waals surface area contributed by atoms with Crippen molar-refractivity contribution in [1.29, 1.82) is 0 Å². The zero-order valence-corrected chi connectivity index (χ0v) is 18.6. The molecule has 0 aliphatic carbocycles. The van der Waals surface area contributed by atoms with Gasteiger partial charge in [0.15, 0.2) is 0 Å². The van der Waals surface area contributed by atoms with E-state index in [0.29, 0.717) is 6.54 Å². The molecule has 0 saturated carbocycles. The van der Waals surface area contributed by atoms with Crippen molar-refractivity contribution >= 4 is 5.91 Å². The number of nitrogens with zero attached hydrogens (tertiary/aromatic N) is 2. The maximum Gasteiger partial charge on any atom is 0.254 e. The Morgan fingerprint density at radius 3 is 2.07 bits per heavy atom. The molecule has 0 bridgehead atoms. The maximum atomic E-state index is 13.3. The van der Waals surface area contributed by atoms with Gasteiger partial charge in [-0.2, -0.15) is 0 Å². The predicted molar refractivity (Wildman–Crippen MR) is 121 cm³/mol. The molecule has 1 saturated heterocycles. The van der Waals surface area contributed by atoms with Crippen LogP contribution in [-0.2, 0) is 18.4 Å². The molecule has 1 fully saturated rings. The summed E-state index contributed by atoms with van der Waals surface area (Å²) in [5.41, 5.74) is 4.72. The smallest absolute Gasteiger partial charge is 0.254 e. The van der Waals surface area contributed by atoms with Crippen LogP contribution in [0.3, 0.4) is 0 Å². The van der Waals surface area contributed by atoms with Crippen molar-refractivity contribution in [1.82, 2.24) is 9.80 Å². The molecule has 0 atom stereocenters. The Hall–Kier alpha value is -2.13. The van der Waals surface area contributed by atoms with E-state index in [1.165, 1.54) is 29.5 Å². The number of hydrogen-bond acceptors (Lipinski definition) is 2. The first kappa shape index (κ1) is 21.6. The van der Waals surface area contributed by atoms with Crippen LogP contribution in [-0.4, -0.2) is 41.9 Å². The lowest BCUT2D eigenvalue weighted by Gasteiger charge is -2.26. The normalized spacial score (nSPS) is 14.9. The minimum absolute atomic E-state index is 0.131. The standard InChI is InChI=1S/C26H36N2O/c1-5-21-8-12-23(13-9-21)25(29)28(19-18-27-16-6-7-17-27)20-22-10-14-24(15-11-22)26(2,3)4/h8-15H,5-7,16-20H2,1-4H3. The van der Waals surface area contributed by atoms with Gasteiger partial charge >= 0.3 is 0 Å². The van der Waals surface area contributed by atoms with E-state index in [2.05, 4.69) is 69.0 Å². The van der Waals surface area contributed by atoms with Gasteiger partial charge in [0.2, 0.25) is 0 Å². The van der Waals surface area contributed by atoms with Gasteiger partial charge in [0.25, 0.3) is 5.91 Å². The highest BCUT2D eigenvalue weighted by Gasteiger charge is 2.20. The van der Waals surface area contributed by atoms with Crippen LogP contribution in [0.1, 0.15) is 67.6 Å². The summed E-state index contributed by atoms with van der Waals surface area (Å²) in [6, 6.07) is 16.9. The quantitative estimate of drug-likeness (QED) is 0.640. The fraction of sp³-hybridized carbons (Fsp3) is 0.500. The number of carbonyl (C=O) groups excluding carboxylic acids is 1. The minimum Gasteiger partial charge on any atom is -0.333 e. The van der Waals surface area contributed by atoms with Crippen LogP contribution in [0.5, 0.6) is 0 Å². The van der Waals surface area contributed by atoms with Crippen molar-refractivity contribution in [3.05, 3.63) is 70.8 Å². The van der Waals surface area contributed by atoms with Crippen LogP contribution in [0, 0.1) is 0 Å². The number of amides is 1. The largest absolute Gasteiger partial charge is 0.333 e. The lowest BCUT2D eigenvalue weighted by Crippen LogP contribution is -2.37. The van der Waals surface area contributed by atoms with Crippen LogP contribution in [0.2, 0.25) is 0 Å². The zero-order chi connectivity index (χ0) is 20.9. The summed E-state index contributed by atoms with van der Waals surface area (Å²) in [7, 11) is 0. The molecule has 3 nitrogen and oxygen atoms in total. The molecule has 3 heteroatoms. The highest BCUT2D eigenvalue weighted by atomic mass is 16.2. The van der Waals surface area contributed by atoms with Crippen molar-refractivity contribution in [2.24, 2.45) is 0 Å². The molecule has 1 amide bonds. The van der Waals surface area contributed by atoms with Gasteiger partial charge in [-0.3, -0.25) is 4.79 Å². The summed E-state index contributed by atoms with van der Waals surface area (Å²) in [5.74, 6) is 0.131. The fourth-order valence-corrected chi connectivity index (χ4v) is 3.92.